The van der Waals surface area contributed by atoms with Crippen molar-refractivity contribution in [3.05, 3.63) is 47.3 Å². The summed E-state index contributed by atoms with van der Waals surface area (Å²) in [4.78, 5) is 3.27. The molecule has 2 aromatic rings. The van der Waals surface area contributed by atoms with Crippen LogP contribution < -0.4 is 11.1 Å². The Morgan fingerprint density at radius 1 is 0.952 bits per heavy atom. The van der Waals surface area contributed by atoms with Gasteiger partial charge in [-0.25, -0.2) is 18.2 Å². The molecule has 0 saturated heterocycles. The summed E-state index contributed by atoms with van der Waals surface area (Å²) >= 11 is 0. The summed E-state index contributed by atoms with van der Waals surface area (Å²) in [5, 5.41) is 2.01. The van der Waals surface area contributed by atoms with Gasteiger partial charge in [-0.15, -0.1) is 0 Å². The number of hydrogen-bond acceptors (Lipinski definition) is 3. The van der Waals surface area contributed by atoms with E-state index in [1.165, 1.54) is 0 Å². The molecule has 2 rings (SSSR count). The summed E-state index contributed by atoms with van der Waals surface area (Å²) in [6.07, 6.45) is -4.70. The van der Waals surface area contributed by atoms with Gasteiger partial charge in [0.15, 0.2) is 23.3 Å². The second-order valence-electron chi connectivity index (χ2n) is 4.00. The fraction of sp³-hybridized carbons (Fsp3) is 0.0833. The van der Waals surface area contributed by atoms with Crippen molar-refractivity contribution < 1.29 is 26.3 Å². The Bertz CT molecular complexity index is 683. The predicted molar refractivity (Wildman–Crippen MR) is 63.3 cm³/mol. The second-order valence-corrected chi connectivity index (χ2v) is 4.00. The first-order valence-corrected chi connectivity index (χ1v) is 5.44. The third kappa shape index (κ3) is 3.18. The van der Waals surface area contributed by atoms with Crippen molar-refractivity contribution in [2.24, 2.45) is 0 Å². The number of nitrogens with one attached hydrogen (secondary N) is 1. The molecular formula is C12H7F6N3. The molecule has 0 aliphatic rings. The van der Waals surface area contributed by atoms with Crippen molar-refractivity contribution in [3.8, 4) is 0 Å². The van der Waals surface area contributed by atoms with E-state index in [0.717, 1.165) is 0 Å². The average molecular weight is 307 g/mol. The van der Waals surface area contributed by atoms with Crippen LogP contribution in [0.15, 0.2) is 24.3 Å². The first kappa shape index (κ1) is 14.9. The van der Waals surface area contributed by atoms with E-state index in [1.54, 1.807) is 0 Å². The van der Waals surface area contributed by atoms with E-state index in [1.807, 2.05) is 5.32 Å². The lowest BCUT2D eigenvalue weighted by Crippen LogP contribution is -2.08. The van der Waals surface area contributed by atoms with Crippen molar-refractivity contribution in [1.82, 2.24) is 4.98 Å². The number of alkyl halides is 3. The SMILES string of the molecule is Nc1nc(Nc2cc(C(F)(F)F)ccc2F)c(F)cc1F. The van der Waals surface area contributed by atoms with Gasteiger partial charge >= 0.3 is 6.18 Å². The average Bonchev–Trinajstić information content (AvgIpc) is 2.37. The van der Waals surface area contributed by atoms with Gasteiger partial charge in [0.05, 0.1) is 11.3 Å². The largest absolute Gasteiger partial charge is 0.416 e. The zero-order chi connectivity index (χ0) is 15.8. The molecule has 21 heavy (non-hydrogen) atoms. The van der Waals surface area contributed by atoms with Gasteiger partial charge in [0.1, 0.15) is 5.82 Å². The Labute approximate surface area is 114 Å². The van der Waals surface area contributed by atoms with Crippen molar-refractivity contribution in [3.63, 3.8) is 0 Å². The van der Waals surface area contributed by atoms with E-state index >= 15 is 0 Å². The first-order valence-electron chi connectivity index (χ1n) is 5.44. The molecule has 0 bridgehead atoms. The van der Waals surface area contributed by atoms with Gasteiger partial charge in [-0.1, -0.05) is 0 Å². The van der Waals surface area contributed by atoms with Crippen LogP contribution >= 0.6 is 0 Å². The predicted octanol–water partition coefficient (Wildman–Crippen LogP) is 3.84. The quantitative estimate of drug-likeness (QED) is 0.829. The fourth-order valence-corrected chi connectivity index (χ4v) is 1.49. The molecule has 0 unspecified atom stereocenters. The molecule has 1 aromatic carbocycles. The van der Waals surface area contributed by atoms with E-state index in [9.17, 15) is 26.3 Å². The number of nitrogen functional groups attached to an aromatic ring is 1. The lowest BCUT2D eigenvalue weighted by atomic mass is 10.2. The third-order valence-electron chi connectivity index (χ3n) is 2.50. The maximum atomic E-state index is 13.5. The first-order chi connectivity index (χ1) is 9.68. The molecule has 1 aromatic heterocycles. The molecule has 0 fully saturated rings. The van der Waals surface area contributed by atoms with Crippen LogP contribution in [0.25, 0.3) is 0 Å². The zero-order valence-corrected chi connectivity index (χ0v) is 10.1. The highest BCUT2D eigenvalue weighted by Gasteiger charge is 2.31. The van der Waals surface area contributed by atoms with E-state index in [-0.39, 0.29) is 0 Å². The van der Waals surface area contributed by atoms with E-state index in [2.05, 4.69) is 4.98 Å². The van der Waals surface area contributed by atoms with Gasteiger partial charge in [-0.05, 0) is 18.2 Å². The Kier molecular flexibility index (Phi) is 3.67. The molecule has 0 aliphatic heterocycles. The van der Waals surface area contributed by atoms with Crippen LogP contribution in [0.4, 0.5) is 43.7 Å². The summed E-state index contributed by atoms with van der Waals surface area (Å²) in [6.45, 7) is 0. The van der Waals surface area contributed by atoms with Gasteiger partial charge in [0.2, 0.25) is 0 Å². The van der Waals surface area contributed by atoms with Crippen LogP contribution in [0.3, 0.4) is 0 Å². The molecule has 9 heteroatoms. The molecule has 0 radical (unpaired) electrons. The molecular weight excluding hydrogens is 300 g/mol. The fourth-order valence-electron chi connectivity index (χ4n) is 1.49. The number of anilines is 3. The Hall–Kier alpha value is -2.45. The van der Waals surface area contributed by atoms with Crippen molar-refractivity contribution >= 4 is 17.3 Å². The smallest absolute Gasteiger partial charge is 0.381 e. The van der Waals surface area contributed by atoms with Gasteiger partial charge in [-0.2, -0.15) is 13.2 Å². The Morgan fingerprint density at radius 2 is 1.62 bits per heavy atom. The van der Waals surface area contributed by atoms with Crippen LogP contribution in [-0.4, -0.2) is 4.98 Å². The molecule has 3 N–H and O–H groups in total. The molecule has 112 valence electrons. The van der Waals surface area contributed by atoms with Crippen LogP contribution in [0.5, 0.6) is 0 Å². The number of halogens is 6. The Morgan fingerprint density at radius 3 is 2.24 bits per heavy atom. The lowest BCUT2D eigenvalue weighted by molar-refractivity contribution is -0.137. The van der Waals surface area contributed by atoms with Crippen LogP contribution in [0, 0.1) is 17.5 Å². The minimum absolute atomic E-state index is 0.385. The maximum absolute atomic E-state index is 13.5. The standard InChI is InChI=1S/C12H7F6N3/c13-6-2-1-5(12(16,17)18)3-9(6)20-11-8(15)4-7(14)10(19)21-11/h1-4H,(H3,19,20,21). The normalized spacial score (nSPS) is 11.5. The van der Waals surface area contributed by atoms with Crippen LogP contribution in [0.2, 0.25) is 0 Å². The number of benzene rings is 1. The van der Waals surface area contributed by atoms with Crippen molar-refractivity contribution in [2.75, 3.05) is 11.1 Å². The second kappa shape index (κ2) is 5.15. The molecule has 0 atom stereocenters. The summed E-state index contributed by atoms with van der Waals surface area (Å²) < 4.78 is 77.4. The van der Waals surface area contributed by atoms with E-state index in [4.69, 9.17) is 5.73 Å². The lowest BCUT2D eigenvalue weighted by Gasteiger charge is -2.12. The highest BCUT2D eigenvalue weighted by atomic mass is 19.4. The van der Waals surface area contributed by atoms with Crippen molar-refractivity contribution in [1.29, 1.82) is 0 Å². The molecule has 0 saturated carbocycles. The number of nitrogens with zero attached hydrogens (tertiary/aromatic N) is 1. The number of nitrogens with two attached hydrogens (primary N) is 1. The number of aromatic nitrogens is 1. The molecule has 0 aliphatic carbocycles. The molecule has 1 heterocycles. The van der Waals surface area contributed by atoms with Crippen LogP contribution in [-0.2, 0) is 6.18 Å². The monoisotopic (exact) mass is 307 g/mol. The van der Waals surface area contributed by atoms with Gasteiger partial charge in [-0.3, -0.25) is 0 Å². The van der Waals surface area contributed by atoms with E-state index < -0.39 is 46.5 Å². The highest BCUT2D eigenvalue weighted by Crippen LogP contribution is 2.33. The van der Waals surface area contributed by atoms with Crippen LogP contribution in [0.1, 0.15) is 5.56 Å². The third-order valence-corrected chi connectivity index (χ3v) is 2.50. The summed E-state index contributed by atoms with van der Waals surface area (Å²) in [5.74, 6) is -4.79. The molecule has 3 nitrogen and oxygen atoms in total. The number of pyridine rings is 1. The van der Waals surface area contributed by atoms with Gasteiger partial charge in [0, 0.05) is 6.07 Å². The number of rotatable bonds is 2. The summed E-state index contributed by atoms with van der Waals surface area (Å²) in [6, 6.07) is 1.92. The maximum Gasteiger partial charge on any atom is 0.416 e. The molecule has 0 amide bonds. The zero-order valence-electron chi connectivity index (χ0n) is 10.1. The molecule has 0 spiro atoms. The Balaban J connectivity index is 2.42. The van der Waals surface area contributed by atoms with Crippen molar-refractivity contribution in [2.45, 2.75) is 6.18 Å². The van der Waals surface area contributed by atoms with E-state index in [0.29, 0.717) is 24.3 Å². The minimum Gasteiger partial charge on any atom is -0.381 e. The minimum atomic E-state index is -4.70. The highest BCUT2D eigenvalue weighted by molar-refractivity contribution is 5.60. The summed E-state index contributed by atoms with van der Waals surface area (Å²) in [7, 11) is 0. The van der Waals surface area contributed by atoms with Gasteiger partial charge < -0.3 is 11.1 Å². The van der Waals surface area contributed by atoms with Gasteiger partial charge in [0.25, 0.3) is 0 Å². The number of hydrogen-bond donors (Lipinski definition) is 2. The summed E-state index contributed by atoms with van der Waals surface area (Å²) in [5.41, 5.74) is 3.31. The topological polar surface area (TPSA) is 50.9 Å².